The van der Waals surface area contributed by atoms with Crippen molar-refractivity contribution in [2.45, 2.75) is 43.2 Å². The van der Waals surface area contributed by atoms with Crippen LogP contribution in [-0.4, -0.2) is 53.0 Å². The van der Waals surface area contributed by atoms with E-state index in [0.717, 1.165) is 71.8 Å². The summed E-state index contributed by atoms with van der Waals surface area (Å²) in [6, 6.07) is 35.4. The molecule has 0 atom stereocenters. The number of aromatic hydroxyl groups is 2. The Kier molecular flexibility index (Phi) is 25.2. The number of terminal acetylenes is 2. The summed E-state index contributed by atoms with van der Waals surface area (Å²) >= 11 is 0. The van der Waals surface area contributed by atoms with E-state index in [1.54, 1.807) is 30.3 Å². The summed E-state index contributed by atoms with van der Waals surface area (Å²) in [7, 11) is -17.1. The predicted molar refractivity (Wildman–Crippen MR) is 267 cm³/mol. The van der Waals surface area contributed by atoms with E-state index in [-0.39, 0.29) is 151 Å². The maximum absolute atomic E-state index is 12.9. The summed E-state index contributed by atoms with van der Waals surface area (Å²) in [4.78, 5) is -1.32. The molecule has 0 aromatic heterocycles. The third-order valence-electron chi connectivity index (χ3n) is 9.82. The Bertz CT molecular complexity index is 3880. The molecule has 0 aliphatic carbocycles. The van der Waals surface area contributed by atoms with Crippen molar-refractivity contribution in [1.29, 1.82) is 0 Å². The van der Waals surface area contributed by atoms with Gasteiger partial charge in [0.15, 0.2) is 0 Å². The molecule has 0 saturated heterocycles. The Balaban J connectivity index is 0.000000320. The maximum atomic E-state index is 12.9. The summed E-state index contributed by atoms with van der Waals surface area (Å²) < 4.78 is 178. The quantitative estimate of drug-likeness (QED) is 0.0483. The zero-order valence-corrected chi connectivity index (χ0v) is 50.8. The average molecular weight is 1190 g/mol. The van der Waals surface area contributed by atoms with Crippen LogP contribution in [0.5, 0.6) is 34.5 Å². The topological polar surface area (TPSA) is 242 Å². The number of hydrogen-bond acceptors (Lipinski definition) is 14. The Morgan fingerprint density at radius 2 is 0.846 bits per heavy atom. The van der Waals surface area contributed by atoms with E-state index in [0.29, 0.717) is 17.4 Å². The second-order valence-electron chi connectivity index (χ2n) is 15.6. The maximum Gasteiger partial charge on any atom is 1.00 e. The van der Waals surface area contributed by atoms with Crippen molar-refractivity contribution in [3.8, 4) is 59.2 Å². The molecule has 0 unspecified atom stereocenters. The average Bonchev–Trinajstić information content (AvgIpc) is 3.37. The van der Waals surface area contributed by atoms with E-state index < -0.39 is 78.7 Å². The van der Waals surface area contributed by atoms with Crippen molar-refractivity contribution in [3.63, 3.8) is 0 Å². The van der Waals surface area contributed by atoms with Crippen molar-refractivity contribution in [1.82, 2.24) is 0 Å². The fourth-order valence-corrected chi connectivity index (χ4v) is 9.96. The first kappa shape index (κ1) is 67.1. The van der Waals surface area contributed by atoms with Crippen molar-refractivity contribution >= 4 is 39.9 Å². The summed E-state index contributed by atoms with van der Waals surface area (Å²) in [5.41, 5.74) is 2.58. The van der Waals surface area contributed by atoms with Crippen LogP contribution in [0.4, 0.5) is 17.6 Å². The fraction of sp³-hybridized carbons (Fsp3) is 0.0370. The van der Waals surface area contributed by atoms with Crippen LogP contribution < -0.4 is 112 Å². The van der Waals surface area contributed by atoms with E-state index >= 15 is 0 Å². The molecule has 8 aromatic rings. The first-order valence-electron chi connectivity index (χ1n) is 21.2. The molecule has 0 heterocycles. The van der Waals surface area contributed by atoms with Crippen molar-refractivity contribution < 1.29 is 183 Å². The zero-order chi connectivity index (χ0) is 56.2. The molecular formula is C54H38F4K2O14S4. The van der Waals surface area contributed by atoms with E-state index in [1.165, 1.54) is 72.8 Å². The number of hydrogen-bond donors (Lipinski definition) is 2. The summed E-state index contributed by atoms with van der Waals surface area (Å²) in [6.45, 7) is 3.69. The van der Waals surface area contributed by atoms with Crippen LogP contribution in [-0.2, 0) is 39.9 Å². The first-order chi connectivity index (χ1) is 35.6. The number of halogens is 4. The molecule has 0 amide bonds. The minimum atomic E-state index is -4.94. The zero-order valence-electron chi connectivity index (χ0n) is 41.3. The number of rotatable bonds is 10. The van der Waals surface area contributed by atoms with E-state index in [9.17, 15) is 60.3 Å². The van der Waals surface area contributed by atoms with Crippen molar-refractivity contribution in [3.05, 3.63) is 215 Å². The fourth-order valence-electron chi connectivity index (χ4n) is 6.23. The van der Waals surface area contributed by atoms with Crippen molar-refractivity contribution in [2.24, 2.45) is 0 Å². The van der Waals surface area contributed by atoms with Crippen LogP contribution >= 0.6 is 0 Å². The number of phenolic OH excluding ortho intramolecular Hbond substituents is 2. The third kappa shape index (κ3) is 19.6. The number of benzene rings is 8. The number of ether oxygens (including phenoxy) is 2. The van der Waals surface area contributed by atoms with Gasteiger partial charge >= 0.3 is 103 Å². The number of sulfone groups is 2. The van der Waals surface area contributed by atoms with Gasteiger partial charge in [0, 0.05) is 29.3 Å². The van der Waals surface area contributed by atoms with Gasteiger partial charge in [-0.25, -0.2) is 51.2 Å². The van der Waals surface area contributed by atoms with Gasteiger partial charge in [0.1, 0.15) is 82.9 Å². The molecule has 0 bridgehead atoms. The van der Waals surface area contributed by atoms with Gasteiger partial charge in [0.2, 0.25) is 19.7 Å². The molecule has 392 valence electrons. The molecular weight excluding hydrogens is 1160 g/mol. The van der Waals surface area contributed by atoms with E-state index in [2.05, 4.69) is 11.8 Å². The van der Waals surface area contributed by atoms with Crippen LogP contribution in [0, 0.1) is 61.8 Å². The van der Waals surface area contributed by atoms with Crippen LogP contribution in [0.3, 0.4) is 0 Å². The molecule has 2 N–H and O–H groups in total. The molecule has 0 fully saturated rings. The Labute approximate surface area is 533 Å². The SMILES string of the molecule is C#Cc1cc(C)cc(Oc2ccc(Oc3ccc(S(=O)(=O)c4ccc(C)cc4)cc3)c(S(=O)(=O)[O-])c2)c1.C#Cc1cc(F)cc(F)c1.O=S(=O)([O-])c1cc(O)ccc1O.O=S(=O)(c1ccc(F)cc1)c1ccc(F)cc1.[K+].[K+]. The molecule has 0 aliphatic rings. The van der Waals surface area contributed by atoms with Crippen LogP contribution in [0.15, 0.2) is 199 Å². The second kappa shape index (κ2) is 29.3. The molecule has 0 radical (unpaired) electrons. The van der Waals surface area contributed by atoms with Gasteiger partial charge in [-0.2, -0.15) is 0 Å². The molecule has 0 saturated carbocycles. The van der Waals surface area contributed by atoms with E-state index in [4.69, 9.17) is 32.5 Å². The molecule has 78 heavy (non-hydrogen) atoms. The largest absolute Gasteiger partial charge is 1.00 e. The third-order valence-corrected chi connectivity index (χ3v) is 15.1. The second-order valence-corrected chi connectivity index (χ2v) is 22.1. The smallest absolute Gasteiger partial charge is 0.744 e. The van der Waals surface area contributed by atoms with Crippen LogP contribution in [0.25, 0.3) is 0 Å². The standard InChI is InChI=1S/C28H22O7S2.C12H8F2O2S.C8H4F2.C6H6O5S.2K/c1-4-21-15-20(3)16-24(17-21)34-23-9-14-27(28(18-23)37(31,32)33)35-22-7-12-26(13-8-22)36(29,30)25-10-5-19(2)6-11-25;13-9-1-5-11(6-2-9)17(15,16)12-7-3-10(14)4-8-12;1-2-6-3-7(9)5-8(10)4-6;7-4-1-2-5(8)6(3-4)12(9,10)11;;/h1,5-18H,2-3H3,(H,31,32,33);1-8H;1,3-5H;1-3,7-8H,(H,9,10,11);;/q;;;;2*+1/p-2. The first-order valence-corrected chi connectivity index (χ1v) is 27.0. The number of phenols is 2. The molecule has 24 heteroatoms. The van der Waals surface area contributed by atoms with Gasteiger partial charge < -0.3 is 28.8 Å². The van der Waals surface area contributed by atoms with Gasteiger partial charge in [-0.05, 0) is 159 Å². The molecule has 8 rings (SSSR count). The summed E-state index contributed by atoms with van der Waals surface area (Å²) in [6.07, 6.45) is 10.4. The van der Waals surface area contributed by atoms with Gasteiger partial charge in [-0.1, -0.05) is 29.5 Å². The van der Waals surface area contributed by atoms with Crippen molar-refractivity contribution in [2.75, 3.05) is 0 Å². The van der Waals surface area contributed by atoms with Gasteiger partial charge in [-0.15, -0.1) is 12.8 Å². The Morgan fingerprint density at radius 1 is 0.423 bits per heavy atom. The minimum absolute atomic E-state index is 0. The van der Waals surface area contributed by atoms with Gasteiger partial charge in [0.05, 0.1) is 24.5 Å². The normalized spacial score (nSPS) is 10.8. The van der Waals surface area contributed by atoms with Crippen LogP contribution in [0.2, 0.25) is 0 Å². The van der Waals surface area contributed by atoms with Gasteiger partial charge in [-0.3, -0.25) is 0 Å². The predicted octanol–water partition coefficient (Wildman–Crippen LogP) is 4.36. The molecule has 14 nitrogen and oxygen atoms in total. The monoisotopic (exact) mass is 1190 g/mol. The number of aryl methyl sites for hydroxylation is 2. The minimum Gasteiger partial charge on any atom is -0.744 e. The molecule has 0 aliphatic heterocycles. The molecule has 0 spiro atoms. The summed E-state index contributed by atoms with van der Waals surface area (Å²) in [5.74, 6) is 1.65. The van der Waals surface area contributed by atoms with Gasteiger partial charge in [0.25, 0.3) is 0 Å². The summed E-state index contributed by atoms with van der Waals surface area (Å²) in [5, 5.41) is 17.7. The Hall–Kier alpha value is -5.21. The van der Waals surface area contributed by atoms with E-state index in [1.807, 2.05) is 13.8 Å². The Morgan fingerprint density at radius 3 is 1.28 bits per heavy atom. The van der Waals surface area contributed by atoms with Crippen LogP contribution in [0.1, 0.15) is 22.3 Å². The molecule has 8 aromatic carbocycles.